The van der Waals surface area contributed by atoms with Gasteiger partial charge in [-0.3, -0.25) is 0 Å². The van der Waals surface area contributed by atoms with Crippen molar-refractivity contribution in [2.24, 2.45) is 5.92 Å². The number of benzene rings is 1. The van der Waals surface area contributed by atoms with Gasteiger partial charge < -0.3 is 10.4 Å². The third-order valence-corrected chi connectivity index (χ3v) is 2.69. The molecule has 0 fully saturated rings. The summed E-state index contributed by atoms with van der Waals surface area (Å²) in [5.74, 6) is -0.549. The topological polar surface area (TPSA) is 49.3 Å². The van der Waals surface area contributed by atoms with Gasteiger partial charge in [-0.1, -0.05) is 29.8 Å². The number of halogens is 1. The van der Waals surface area contributed by atoms with Crippen molar-refractivity contribution in [2.75, 3.05) is 5.32 Å². The SMILES string of the molecule is CC(C)CC(=CNc1ccc(Br)cc1)C(=O)O. The van der Waals surface area contributed by atoms with Gasteiger partial charge in [-0.25, -0.2) is 4.79 Å². The number of hydrogen-bond donors (Lipinski definition) is 2. The minimum atomic E-state index is -0.872. The van der Waals surface area contributed by atoms with Crippen LogP contribution in [0.25, 0.3) is 0 Å². The number of anilines is 1. The first-order valence-corrected chi connectivity index (χ1v) is 6.22. The molecule has 0 radical (unpaired) electrons. The molecular formula is C13H16BrNO2. The van der Waals surface area contributed by atoms with E-state index in [2.05, 4.69) is 21.2 Å². The summed E-state index contributed by atoms with van der Waals surface area (Å²) in [6.07, 6.45) is 2.12. The van der Waals surface area contributed by atoms with Crippen LogP contribution in [0.2, 0.25) is 0 Å². The molecule has 0 aliphatic carbocycles. The summed E-state index contributed by atoms with van der Waals surface area (Å²) in [6.45, 7) is 3.99. The van der Waals surface area contributed by atoms with Gasteiger partial charge in [-0.15, -0.1) is 0 Å². The molecule has 0 unspecified atom stereocenters. The summed E-state index contributed by atoms with van der Waals surface area (Å²) in [5.41, 5.74) is 1.26. The van der Waals surface area contributed by atoms with Gasteiger partial charge in [0.25, 0.3) is 0 Å². The van der Waals surface area contributed by atoms with Crippen molar-refractivity contribution in [1.29, 1.82) is 0 Å². The van der Waals surface area contributed by atoms with E-state index in [1.807, 2.05) is 38.1 Å². The maximum absolute atomic E-state index is 11.0. The van der Waals surface area contributed by atoms with Crippen LogP contribution in [0, 0.1) is 5.92 Å². The molecule has 0 aliphatic rings. The smallest absolute Gasteiger partial charge is 0.333 e. The van der Waals surface area contributed by atoms with Crippen LogP contribution >= 0.6 is 15.9 Å². The van der Waals surface area contributed by atoms with E-state index in [0.717, 1.165) is 10.2 Å². The Kier molecular flexibility index (Phi) is 5.22. The van der Waals surface area contributed by atoms with Gasteiger partial charge in [0.15, 0.2) is 0 Å². The van der Waals surface area contributed by atoms with E-state index in [9.17, 15) is 4.79 Å². The quantitative estimate of drug-likeness (QED) is 0.811. The molecule has 0 amide bonds. The standard InChI is InChI=1S/C13H16BrNO2/c1-9(2)7-10(13(16)17)8-15-12-5-3-11(14)4-6-12/h3-6,8-9,15H,7H2,1-2H3,(H,16,17). The summed E-state index contributed by atoms with van der Waals surface area (Å²) < 4.78 is 0.993. The van der Waals surface area contributed by atoms with Gasteiger partial charge in [-0.2, -0.15) is 0 Å². The van der Waals surface area contributed by atoms with Crippen LogP contribution in [0.5, 0.6) is 0 Å². The molecular weight excluding hydrogens is 282 g/mol. The Bertz CT molecular complexity index is 410. The fraction of sp³-hybridized carbons (Fsp3) is 0.308. The van der Waals surface area contributed by atoms with E-state index < -0.39 is 5.97 Å². The highest BCUT2D eigenvalue weighted by molar-refractivity contribution is 9.10. The zero-order valence-electron chi connectivity index (χ0n) is 9.90. The van der Waals surface area contributed by atoms with Gasteiger partial charge >= 0.3 is 5.97 Å². The lowest BCUT2D eigenvalue weighted by atomic mass is 10.0. The second-order valence-electron chi connectivity index (χ2n) is 4.22. The Hall–Kier alpha value is -1.29. The van der Waals surface area contributed by atoms with Crippen molar-refractivity contribution in [3.8, 4) is 0 Å². The van der Waals surface area contributed by atoms with Crippen molar-refractivity contribution in [2.45, 2.75) is 20.3 Å². The molecule has 92 valence electrons. The van der Waals surface area contributed by atoms with Gasteiger partial charge in [-0.05, 0) is 36.6 Å². The average molecular weight is 298 g/mol. The zero-order valence-corrected chi connectivity index (χ0v) is 11.5. The summed E-state index contributed by atoms with van der Waals surface area (Å²) in [7, 11) is 0. The van der Waals surface area contributed by atoms with Crippen LogP contribution in [0.15, 0.2) is 40.5 Å². The third-order valence-electron chi connectivity index (χ3n) is 2.16. The predicted molar refractivity (Wildman–Crippen MR) is 72.9 cm³/mol. The molecule has 1 rings (SSSR count). The van der Waals surface area contributed by atoms with Gasteiger partial charge in [0.1, 0.15) is 0 Å². The van der Waals surface area contributed by atoms with E-state index in [1.54, 1.807) is 6.20 Å². The molecule has 0 atom stereocenters. The number of rotatable bonds is 5. The summed E-state index contributed by atoms with van der Waals surface area (Å²) >= 11 is 3.34. The van der Waals surface area contributed by atoms with Crippen LogP contribution in [0.1, 0.15) is 20.3 Å². The van der Waals surface area contributed by atoms with Crippen LogP contribution in [0.3, 0.4) is 0 Å². The fourth-order valence-electron chi connectivity index (χ4n) is 1.36. The molecule has 0 spiro atoms. The highest BCUT2D eigenvalue weighted by Crippen LogP contribution is 2.16. The van der Waals surface area contributed by atoms with Crippen molar-refractivity contribution >= 4 is 27.6 Å². The number of carbonyl (C=O) groups is 1. The molecule has 1 aromatic rings. The van der Waals surface area contributed by atoms with E-state index >= 15 is 0 Å². The Labute approximate surface area is 110 Å². The average Bonchev–Trinajstić information content (AvgIpc) is 2.25. The first-order chi connectivity index (χ1) is 7.99. The van der Waals surface area contributed by atoms with E-state index in [0.29, 0.717) is 17.9 Å². The summed E-state index contributed by atoms with van der Waals surface area (Å²) in [4.78, 5) is 11.0. The lowest BCUT2D eigenvalue weighted by Gasteiger charge is -2.07. The first kappa shape index (κ1) is 13.8. The molecule has 0 saturated heterocycles. The monoisotopic (exact) mass is 297 g/mol. The highest BCUT2D eigenvalue weighted by Gasteiger charge is 2.08. The fourth-order valence-corrected chi connectivity index (χ4v) is 1.63. The molecule has 17 heavy (non-hydrogen) atoms. The molecule has 0 aromatic heterocycles. The first-order valence-electron chi connectivity index (χ1n) is 5.43. The van der Waals surface area contributed by atoms with E-state index in [-0.39, 0.29) is 0 Å². The van der Waals surface area contributed by atoms with Crippen LogP contribution < -0.4 is 5.32 Å². The van der Waals surface area contributed by atoms with Gasteiger partial charge in [0.2, 0.25) is 0 Å². The van der Waals surface area contributed by atoms with Gasteiger partial charge in [0.05, 0.1) is 5.57 Å². The van der Waals surface area contributed by atoms with E-state index in [4.69, 9.17) is 5.11 Å². The van der Waals surface area contributed by atoms with E-state index in [1.165, 1.54) is 0 Å². The van der Waals surface area contributed by atoms with Crippen LogP contribution in [0.4, 0.5) is 5.69 Å². The molecule has 0 bridgehead atoms. The second-order valence-corrected chi connectivity index (χ2v) is 5.14. The molecule has 4 heteroatoms. The minimum Gasteiger partial charge on any atom is -0.478 e. The third kappa shape index (κ3) is 5.04. The zero-order chi connectivity index (χ0) is 12.8. The lowest BCUT2D eigenvalue weighted by Crippen LogP contribution is -2.06. The van der Waals surface area contributed by atoms with Crippen molar-refractivity contribution in [3.63, 3.8) is 0 Å². The van der Waals surface area contributed by atoms with Crippen LogP contribution in [-0.4, -0.2) is 11.1 Å². The summed E-state index contributed by atoms with van der Waals surface area (Å²) in [5, 5.41) is 12.0. The van der Waals surface area contributed by atoms with Gasteiger partial charge in [0, 0.05) is 16.4 Å². The Morgan fingerprint density at radius 1 is 1.41 bits per heavy atom. The second kappa shape index (κ2) is 6.45. The molecule has 0 saturated carbocycles. The largest absolute Gasteiger partial charge is 0.478 e. The van der Waals surface area contributed by atoms with Crippen molar-refractivity contribution < 1.29 is 9.90 Å². The minimum absolute atomic E-state index is 0.323. The molecule has 0 heterocycles. The highest BCUT2D eigenvalue weighted by atomic mass is 79.9. The number of hydrogen-bond acceptors (Lipinski definition) is 2. The molecule has 0 aliphatic heterocycles. The van der Waals surface area contributed by atoms with Crippen molar-refractivity contribution in [1.82, 2.24) is 0 Å². The molecule has 2 N–H and O–H groups in total. The Morgan fingerprint density at radius 3 is 2.47 bits per heavy atom. The molecule has 1 aromatic carbocycles. The lowest BCUT2D eigenvalue weighted by molar-refractivity contribution is -0.132. The predicted octanol–water partition coefficient (Wildman–Crippen LogP) is 3.88. The number of nitrogens with one attached hydrogen (secondary N) is 1. The number of carboxylic acid groups (broad SMARTS) is 1. The number of aliphatic carboxylic acids is 1. The Balaban J connectivity index is 2.72. The maximum atomic E-state index is 11.0. The van der Waals surface area contributed by atoms with Crippen molar-refractivity contribution in [3.05, 3.63) is 40.5 Å². The normalized spacial score (nSPS) is 11.6. The maximum Gasteiger partial charge on any atom is 0.333 e. The summed E-state index contributed by atoms with van der Waals surface area (Å²) in [6, 6.07) is 7.57. The molecule has 3 nitrogen and oxygen atoms in total. The Morgan fingerprint density at radius 2 is 2.00 bits per heavy atom. The number of carboxylic acids is 1. The van der Waals surface area contributed by atoms with Crippen LogP contribution in [-0.2, 0) is 4.79 Å².